The van der Waals surface area contributed by atoms with Crippen molar-refractivity contribution in [3.05, 3.63) is 54.1 Å². The van der Waals surface area contributed by atoms with Crippen molar-refractivity contribution in [2.24, 2.45) is 0 Å². The molecule has 1 heterocycles. The van der Waals surface area contributed by atoms with Crippen molar-refractivity contribution < 1.29 is 19.3 Å². The van der Waals surface area contributed by atoms with E-state index in [0.29, 0.717) is 13.2 Å². The van der Waals surface area contributed by atoms with Gasteiger partial charge in [-0.1, -0.05) is 24.3 Å². The molecule has 6 nitrogen and oxygen atoms in total. The Morgan fingerprint density at radius 2 is 1.80 bits per heavy atom. The molecular weight excluding hydrogens is 380 g/mol. The zero-order valence-electron chi connectivity index (χ0n) is 18.1. The van der Waals surface area contributed by atoms with Gasteiger partial charge in [0.1, 0.15) is 36.6 Å². The summed E-state index contributed by atoms with van der Waals surface area (Å²) >= 11 is 0. The van der Waals surface area contributed by atoms with Crippen LogP contribution in [0.4, 0.5) is 0 Å². The molecule has 0 radical (unpaired) electrons. The predicted octanol–water partition coefficient (Wildman–Crippen LogP) is 3.04. The minimum atomic E-state index is -0.501. The molecule has 6 heteroatoms. The Labute approximate surface area is 180 Å². The van der Waals surface area contributed by atoms with Crippen LogP contribution in [0, 0.1) is 0 Å². The van der Waals surface area contributed by atoms with Crippen LogP contribution in [0.1, 0.15) is 18.4 Å². The first kappa shape index (κ1) is 22.4. The zero-order chi connectivity index (χ0) is 21.2. The topological polar surface area (TPSA) is 54.4 Å². The molecule has 1 aliphatic heterocycles. The van der Waals surface area contributed by atoms with Crippen molar-refractivity contribution in [1.29, 1.82) is 0 Å². The van der Waals surface area contributed by atoms with Crippen LogP contribution in [0.3, 0.4) is 0 Å². The molecule has 1 aliphatic rings. The van der Waals surface area contributed by atoms with Gasteiger partial charge < -0.3 is 24.2 Å². The number of likely N-dealkylation sites (N-methyl/N-ethyl adjacent to an activating group) is 1. The highest BCUT2D eigenvalue weighted by Crippen LogP contribution is 2.26. The maximum atomic E-state index is 10.4. The fourth-order valence-electron chi connectivity index (χ4n) is 3.63. The maximum absolute atomic E-state index is 10.4. The molecule has 1 saturated heterocycles. The highest BCUT2D eigenvalue weighted by molar-refractivity contribution is 5.40. The minimum absolute atomic E-state index is 0.275. The van der Waals surface area contributed by atoms with Crippen molar-refractivity contribution in [3.8, 4) is 17.2 Å². The smallest absolute Gasteiger partial charge is 0.127 e. The summed E-state index contributed by atoms with van der Waals surface area (Å²) in [6.45, 7) is 5.20. The average molecular weight is 415 g/mol. The average Bonchev–Trinajstić information content (AvgIpc) is 3.26. The van der Waals surface area contributed by atoms with Gasteiger partial charge in [-0.3, -0.25) is 4.90 Å². The highest BCUT2D eigenvalue weighted by Gasteiger charge is 2.17. The molecular formula is C24H34N2O4. The van der Waals surface area contributed by atoms with E-state index in [1.165, 1.54) is 12.8 Å². The fraction of sp³-hybridized carbons (Fsp3) is 0.500. The third-order valence-electron chi connectivity index (χ3n) is 5.30. The van der Waals surface area contributed by atoms with E-state index in [-0.39, 0.29) is 6.61 Å². The van der Waals surface area contributed by atoms with Crippen LogP contribution in [-0.2, 0) is 6.54 Å². The summed E-state index contributed by atoms with van der Waals surface area (Å²) < 4.78 is 17.2. The van der Waals surface area contributed by atoms with E-state index >= 15 is 0 Å². The molecule has 1 atom stereocenters. The molecule has 0 saturated carbocycles. The number of rotatable bonds is 12. The van der Waals surface area contributed by atoms with Gasteiger partial charge in [-0.05, 0) is 51.2 Å². The Kier molecular flexibility index (Phi) is 8.81. The second-order valence-electron chi connectivity index (χ2n) is 7.85. The molecule has 0 amide bonds. The Balaban J connectivity index is 1.51. The molecule has 164 valence electrons. The van der Waals surface area contributed by atoms with Gasteiger partial charge in [0.15, 0.2) is 0 Å². The fourth-order valence-corrected chi connectivity index (χ4v) is 3.63. The Hall–Kier alpha value is -2.28. The summed E-state index contributed by atoms with van der Waals surface area (Å²) in [5.41, 5.74) is 1.06. The Morgan fingerprint density at radius 1 is 1.03 bits per heavy atom. The van der Waals surface area contributed by atoms with Crippen LogP contribution in [0.25, 0.3) is 0 Å². The molecule has 0 unspecified atom stereocenters. The van der Waals surface area contributed by atoms with Gasteiger partial charge in [0.2, 0.25) is 0 Å². The second-order valence-corrected chi connectivity index (χ2v) is 7.85. The maximum Gasteiger partial charge on any atom is 0.127 e. The number of hydrogen-bond donors (Lipinski definition) is 1. The summed E-state index contributed by atoms with van der Waals surface area (Å²) in [5, 5.41) is 10.4. The standard InChI is InChI=1S/C24H34N2O4/c1-25(14-15-29-22-8-4-3-5-9-22)17-20-10-11-23(28-2)16-24(20)30-19-21(27)18-26-12-6-7-13-26/h3-5,8-11,16,21,27H,6-7,12-15,17-19H2,1-2H3/t21-/m1/s1. The van der Waals surface area contributed by atoms with Crippen molar-refractivity contribution in [2.75, 3.05) is 53.6 Å². The van der Waals surface area contributed by atoms with Gasteiger partial charge in [-0.15, -0.1) is 0 Å². The number of likely N-dealkylation sites (tertiary alicyclic amines) is 1. The van der Waals surface area contributed by atoms with E-state index in [2.05, 4.69) is 16.8 Å². The van der Waals surface area contributed by atoms with Gasteiger partial charge in [-0.2, -0.15) is 0 Å². The molecule has 2 aromatic carbocycles. The number of benzene rings is 2. The molecule has 30 heavy (non-hydrogen) atoms. The number of para-hydroxylation sites is 1. The van der Waals surface area contributed by atoms with Crippen LogP contribution < -0.4 is 14.2 Å². The first-order valence-electron chi connectivity index (χ1n) is 10.7. The van der Waals surface area contributed by atoms with Crippen molar-refractivity contribution in [3.63, 3.8) is 0 Å². The zero-order valence-corrected chi connectivity index (χ0v) is 18.1. The summed E-state index contributed by atoms with van der Waals surface area (Å²) in [6.07, 6.45) is 1.93. The molecule has 0 aliphatic carbocycles. The van der Waals surface area contributed by atoms with E-state index in [1.54, 1.807) is 7.11 Å². The molecule has 1 fully saturated rings. The largest absolute Gasteiger partial charge is 0.497 e. The van der Waals surface area contributed by atoms with E-state index in [1.807, 2.05) is 48.5 Å². The van der Waals surface area contributed by atoms with Gasteiger partial charge in [0, 0.05) is 31.3 Å². The first-order chi connectivity index (χ1) is 14.6. The summed E-state index contributed by atoms with van der Waals surface area (Å²) in [4.78, 5) is 4.49. The van der Waals surface area contributed by atoms with Crippen LogP contribution in [-0.4, -0.2) is 74.6 Å². The summed E-state index contributed by atoms with van der Waals surface area (Å²) in [6, 6.07) is 15.7. The van der Waals surface area contributed by atoms with Gasteiger partial charge >= 0.3 is 0 Å². The van der Waals surface area contributed by atoms with Crippen LogP contribution >= 0.6 is 0 Å². The number of aliphatic hydroxyl groups is 1. The normalized spacial score (nSPS) is 15.3. The number of ether oxygens (including phenoxy) is 3. The molecule has 2 aromatic rings. The lowest BCUT2D eigenvalue weighted by molar-refractivity contribution is 0.0750. The number of nitrogens with zero attached hydrogens (tertiary/aromatic N) is 2. The lowest BCUT2D eigenvalue weighted by Gasteiger charge is -2.22. The number of methoxy groups -OCH3 is 1. The SMILES string of the molecule is COc1ccc(CN(C)CCOc2ccccc2)c(OC[C@H](O)CN2CCCC2)c1. The van der Waals surface area contributed by atoms with Crippen molar-refractivity contribution >= 4 is 0 Å². The molecule has 3 rings (SSSR count). The van der Waals surface area contributed by atoms with E-state index in [4.69, 9.17) is 14.2 Å². The van der Waals surface area contributed by atoms with E-state index in [9.17, 15) is 5.11 Å². The van der Waals surface area contributed by atoms with Crippen LogP contribution in [0.5, 0.6) is 17.2 Å². The summed E-state index contributed by atoms with van der Waals surface area (Å²) in [7, 11) is 3.71. The van der Waals surface area contributed by atoms with Gasteiger partial charge in [0.25, 0.3) is 0 Å². The first-order valence-corrected chi connectivity index (χ1v) is 10.7. The number of β-amino-alcohol motifs (C(OH)–C–C–N with tert-alkyl or cyclic N) is 1. The summed E-state index contributed by atoms with van der Waals surface area (Å²) in [5.74, 6) is 2.38. The van der Waals surface area contributed by atoms with Crippen LogP contribution in [0.15, 0.2) is 48.5 Å². The highest BCUT2D eigenvalue weighted by atomic mass is 16.5. The van der Waals surface area contributed by atoms with E-state index < -0.39 is 6.10 Å². The van der Waals surface area contributed by atoms with Crippen LogP contribution in [0.2, 0.25) is 0 Å². The number of hydrogen-bond acceptors (Lipinski definition) is 6. The number of aliphatic hydroxyl groups excluding tert-OH is 1. The monoisotopic (exact) mass is 414 g/mol. The third-order valence-corrected chi connectivity index (χ3v) is 5.30. The quantitative estimate of drug-likeness (QED) is 0.576. The molecule has 0 bridgehead atoms. The lowest BCUT2D eigenvalue weighted by Crippen LogP contribution is -2.33. The van der Waals surface area contributed by atoms with Crippen molar-refractivity contribution in [1.82, 2.24) is 9.80 Å². The Bertz CT molecular complexity index is 750. The lowest BCUT2D eigenvalue weighted by atomic mass is 10.1. The third kappa shape index (κ3) is 7.20. The van der Waals surface area contributed by atoms with E-state index in [0.717, 1.165) is 49.0 Å². The minimum Gasteiger partial charge on any atom is -0.497 e. The van der Waals surface area contributed by atoms with Crippen molar-refractivity contribution in [2.45, 2.75) is 25.5 Å². The Morgan fingerprint density at radius 3 is 2.53 bits per heavy atom. The van der Waals surface area contributed by atoms with Gasteiger partial charge in [0.05, 0.1) is 7.11 Å². The molecule has 1 N–H and O–H groups in total. The predicted molar refractivity (Wildman–Crippen MR) is 118 cm³/mol. The second kappa shape index (κ2) is 11.8. The molecule has 0 spiro atoms. The molecule has 0 aromatic heterocycles. The van der Waals surface area contributed by atoms with Gasteiger partial charge in [-0.25, -0.2) is 0 Å².